The molecule has 1 aliphatic heterocycles. The van der Waals surface area contributed by atoms with E-state index < -0.39 is 47.1 Å². The molecule has 2 atom stereocenters. The molecule has 1 aliphatic rings. The van der Waals surface area contributed by atoms with Gasteiger partial charge in [-0.2, -0.15) is 22.0 Å². The van der Waals surface area contributed by atoms with E-state index in [4.69, 9.17) is 10.6 Å². The number of rotatable bonds is 10. The first-order chi connectivity index (χ1) is 15.3. The first-order valence-electron chi connectivity index (χ1n) is 9.64. The molecule has 33 heavy (non-hydrogen) atoms. The lowest BCUT2D eigenvalue weighted by Gasteiger charge is -2.45. The molecule has 1 fully saturated rings. The minimum absolute atomic E-state index is 0.0253. The van der Waals surface area contributed by atoms with Gasteiger partial charge < -0.3 is 26.1 Å². The molecule has 0 unspecified atom stereocenters. The van der Waals surface area contributed by atoms with E-state index >= 15 is 0 Å². The number of β-lactam (4-membered cyclic amide) rings is 1. The summed E-state index contributed by atoms with van der Waals surface area (Å²) in [6.45, 7) is 5.76. The molecule has 0 aliphatic carbocycles. The standard InChI is InChI=1S/C18H24N6O7S2/c1-5-8(6-32)11(15(27)28)24-7(2)9(14(24)26)20-13(25)10(12-21-17(19)33-23-12)22-31-18(3,4)16(29)30/h7,9,32H,5-6H2,1-4H3,(H,20,25)(H,27,28)(H,29,30)(H2,19,21,23)/b11-8-,22-10-/t7-,9+/m1/s1. The Morgan fingerprint density at radius 1 is 1.36 bits per heavy atom. The lowest BCUT2D eigenvalue weighted by atomic mass is 9.93. The summed E-state index contributed by atoms with van der Waals surface area (Å²) >= 11 is 4.91. The predicted octanol–water partition coefficient (Wildman–Crippen LogP) is 0.0982. The molecular weight excluding hydrogens is 476 g/mol. The van der Waals surface area contributed by atoms with Gasteiger partial charge in [0.2, 0.25) is 17.1 Å². The lowest BCUT2D eigenvalue weighted by molar-refractivity contribution is -0.161. The SMILES string of the molecule is CC/C(CS)=C(\C(=O)O)N1C(=O)[C@@H](NC(=O)/C(=N\OC(C)(C)C(=O)O)c2nsc(N)n2)[C@H]1C. The molecule has 1 saturated heterocycles. The van der Waals surface area contributed by atoms with E-state index in [0.29, 0.717) is 12.0 Å². The van der Waals surface area contributed by atoms with Crippen LogP contribution in [0.3, 0.4) is 0 Å². The fourth-order valence-corrected chi connectivity index (χ4v) is 3.63. The van der Waals surface area contributed by atoms with Crippen LogP contribution in [0.5, 0.6) is 0 Å². The third-order valence-electron chi connectivity index (χ3n) is 4.82. The van der Waals surface area contributed by atoms with Crippen LogP contribution in [0.4, 0.5) is 5.13 Å². The van der Waals surface area contributed by atoms with E-state index in [-0.39, 0.29) is 22.4 Å². The van der Waals surface area contributed by atoms with Crippen LogP contribution in [0.15, 0.2) is 16.4 Å². The molecule has 0 radical (unpaired) electrons. The van der Waals surface area contributed by atoms with Crippen LogP contribution in [-0.2, 0) is 24.0 Å². The van der Waals surface area contributed by atoms with Crippen LogP contribution in [0.2, 0.25) is 0 Å². The van der Waals surface area contributed by atoms with Gasteiger partial charge in [0.05, 0.1) is 6.04 Å². The zero-order valence-corrected chi connectivity index (χ0v) is 19.9. The van der Waals surface area contributed by atoms with Gasteiger partial charge in [0.15, 0.2) is 5.13 Å². The summed E-state index contributed by atoms with van der Waals surface area (Å²) < 4.78 is 3.88. The molecule has 2 rings (SSSR count). The van der Waals surface area contributed by atoms with Gasteiger partial charge in [0.1, 0.15) is 11.7 Å². The number of nitrogens with two attached hydrogens (primary N) is 1. The second-order valence-corrected chi connectivity index (χ2v) is 8.57. The van der Waals surface area contributed by atoms with Crippen molar-refractivity contribution in [1.29, 1.82) is 0 Å². The summed E-state index contributed by atoms with van der Waals surface area (Å²) in [5.41, 5.74) is 3.58. The van der Waals surface area contributed by atoms with E-state index in [1.165, 1.54) is 13.8 Å². The number of nitrogens with zero attached hydrogens (tertiary/aromatic N) is 4. The lowest BCUT2D eigenvalue weighted by Crippen LogP contribution is -2.70. The Balaban J connectivity index is 2.30. The number of hydrogen-bond donors (Lipinski definition) is 5. The van der Waals surface area contributed by atoms with E-state index in [0.717, 1.165) is 16.4 Å². The zero-order chi connectivity index (χ0) is 25.1. The van der Waals surface area contributed by atoms with Crippen LogP contribution in [0, 0.1) is 0 Å². The first kappa shape index (κ1) is 26.1. The maximum absolute atomic E-state index is 12.9. The van der Waals surface area contributed by atoms with Crippen molar-refractivity contribution in [3.8, 4) is 0 Å². The molecule has 1 aromatic heterocycles. The number of aliphatic carboxylic acids is 2. The highest BCUT2D eigenvalue weighted by atomic mass is 32.1. The van der Waals surface area contributed by atoms with Crippen molar-refractivity contribution >= 4 is 58.8 Å². The highest BCUT2D eigenvalue weighted by Crippen LogP contribution is 2.29. The number of nitrogens with one attached hydrogen (secondary N) is 1. The number of carboxylic acid groups (broad SMARTS) is 2. The maximum atomic E-state index is 12.9. The fourth-order valence-electron chi connectivity index (χ4n) is 2.82. The molecular formula is C18H24N6O7S2. The summed E-state index contributed by atoms with van der Waals surface area (Å²) in [6.07, 6.45) is 0.378. The van der Waals surface area contributed by atoms with E-state index in [1.54, 1.807) is 13.8 Å². The Morgan fingerprint density at radius 2 is 2.00 bits per heavy atom. The Morgan fingerprint density at radius 3 is 2.42 bits per heavy atom. The number of aromatic nitrogens is 2. The van der Waals surface area contributed by atoms with Gasteiger partial charge in [0, 0.05) is 17.3 Å². The molecule has 0 saturated carbocycles. The number of nitrogen functional groups attached to an aromatic ring is 1. The minimum Gasteiger partial charge on any atom is -0.478 e. The highest BCUT2D eigenvalue weighted by molar-refractivity contribution is 7.80. The molecule has 5 N–H and O–H groups in total. The third kappa shape index (κ3) is 5.42. The second kappa shape index (κ2) is 10.2. The number of likely N-dealkylation sites (tertiary alicyclic amines) is 1. The quantitative estimate of drug-likeness (QED) is 0.0965. The van der Waals surface area contributed by atoms with Gasteiger partial charge in [0.25, 0.3) is 11.8 Å². The number of amides is 2. The predicted molar refractivity (Wildman–Crippen MR) is 121 cm³/mol. The number of anilines is 1. The number of carbonyl (C=O) groups is 4. The van der Waals surface area contributed by atoms with Gasteiger partial charge in [-0.05, 0) is 32.8 Å². The van der Waals surface area contributed by atoms with Crippen molar-refractivity contribution in [1.82, 2.24) is 19.6 Å². The van der Waals surface area contributed by atoms with E-state index in [1.807, 2.05) is 0 Å². The fraction of sp³-hybridized carbons (Fsp3) is 0.500. The van der Waals surface area contributed by atoms with Gasteiger partial charge in [-0.15, -0.1) is 0 Å². The number of oxime groups is 1. The summed E-state index contributed by atoms with van der Waals surface area (Å²) in [6, 6.07) is -1.77. The van der Waals surface area contributed by atoms with Crippen LogP contribution < -0.4 is 11.1 Å². The average Bonchev–Trinajstić information content (AvgIpc) is 3.17. The molecule has 0 aromatic carbocycles. The topological polar surface area (TPSA) is 197 Å². The zero-order valence-electron chi connectivity index (χ0n) is 18.2. The summed E-state index contributed by atoms with van der Waals surface area (Å²) in [4.78, 5) is 58.6. The van der Waals surface area contributed by atoms with Gasteiger partial charge in [-0.25, -0.2) is 9.59 Å². The number of thiol groups is 1. The summed E-state index contributed by atoms with van der Waals surface area (Å²) in [7, 11) is 0. The van der Waals surface area contributed by atoms with Crippen molar-refractivity contribution in [3.05, 3.63) is 17.1 Å². The van der Waals surface area contributed by atoms with Crippen molar-refractivity contribution < 1.29 is 34.2 Å². The molecule has 15 heteroatoms. The molecule has 0 spiro atoms. The van der Waals surface area contributed by atoms with Gasteiger partial charge >= 0.3 is 11.9 Å². The Kier molecular flexibility index (Phi) is 8.02. The van der Waals surface area contributed by atoms with Crippen LogP contribution in [0.1, 0.15) is 39.9 Å². The Hall–Kier alpha value is -3.20. The largest absolute Gasteiger partial charge is 0.478 e. The monoisotopic (exact) mass is 500 g/mol. The molecule has 2 heterocycles. The average molecular weight is 501 g/mol. The van der Waals surface area contributed by atoms with Crippen LogP contribution >= 0.6 is 24.2 Å². The van der Waals surface area contributed by atoms with Gasteiger partial charge in [-0.3, -0.25) is 14.5 Å². The molecule has 13 nitrogen and oxygen atoms in total. The Bertz CT molecular complexity index is 1030. The van der Waals surface area contributed by atoms with E-state index in [9.17, 15) is 29.4 Å². The molecule has 2 amide bonds. The molecule has 0 bridgehead atoms. The van der Waals surface area contributed by atoms with Crippen molar-refractivity contribution in [3.63, 3.8) is 0 Å². The van der Waals surface area contributed by atoms with Crippen LogP contribution in [-0.4, -0.2) is 77.4 Å². The van der Waals surface area contributed by atoms with Crippen molar-refractivity contribution in [2.24, 2.45) is 5.16 Å². The van der Waals surface area contributed by atoms with Crippen molar-refractivity contribution in [2.75, 3.05) is 11.5 Å². The van der Waals surface area contributed by atoms with E-state index in [2.05, 4.69) is 32.5 Å². The second-order valence-electron chi connectivity index (χ2n) is 7.47. The summed E-state index contributed by atoms with van der Waals surface area (Å²) in [5, 5.41) is 24.9. The smallest absolute Gasteiger partial charge is 0.352 e. The number of carboxylic acids is 2. The van der Waals surface area contributed by atoms with Crippen molar-refractivity contribution in [2.45, 2.75) is 51.8 Å². The number of carbonyl (C=O) groups excluding carboxylic acids is 2. The molecule has 180 valence electrons. The maximum Gasteiger partial charge on any atom is 0.352 e. The van der Waals surface area contributed by atoms with Crippen LogP contribution in [0.25, 0.3) is 0 Å². The normalized spacial score (nSPS) is 19.5. The Labute approximate surface area is 198 Å². The highest BCUT2D eigenvalue weighted by Gasteiger charge is 2.49. The minimum atomic E-state index is -1.77. The summed E-state index contributed by atoms with van der Waals surface area (Å²) in [5.74, 6) is -4.25. The molecule has 1 aromatic rings. The first-order valence-corrected chi connectivity index (χ1v) is 11.0. The van der Waals surface area contributed by atoms with Gasteiger partial charge in [-0.1, -0.05) is 12.1 Å². The third-order valence-corrected chi connectivity index (χ3v) is 5.75. The number of hydrogen-bond acceptors (Lipinski definition) is 11.